The number of amides is 1. The van der Waals surface area contributed by atoms with Crippen LogP contribution in [0.5, 0.6) is 0 Å². The van der Waals surface area contributed by atoms with Gasteiger partial charge in [-0.15, -0.1) is 0 Å². The third kappa shape index (κ3) is 2.21. The number of hydrogen-bond donors (Lipinski definition) is 1. The Hall–Kier alpha value is -1.59. The van der Waals surface area contributed by atoms with Crippen molar-refractivity contribution in [2.45, 2.75) is 6.18 Å². The van der Waals surface area contributed by atoms with Gasteiger partial charge in [-0.25, -0.2) is 4.39 Å². The average molecular weight is 207 g/mol. The molecule has 0 saturated carbocycles. The molecule has 0 aliphatic carbocycles. The maximum Gasteiger partial charge on any atom is 0.416 e. The summed E-state index contributed by atoms with van der Waals surface area (Å²) in [4.78, 5) is 9.93. The molecule has 0 radical (unpaired) electrons. The predicted molar refractivity (Wildman–Crippen MR) is 41.1 cm³/mol. The van der Waals surface area contributed by atoms with Gasteiger partial charge in [-0.1, -0.05) is 0 Å². The van der Waals surface area contributed by atoms with Crippen LogP contribution in [0.2, 0.25) is 0 Å². The quantitative estimate of drug-likeness (QED) is 0.585. The first-order valence-electron chi connectivity index (χ1n) is 3.52. The van der Waals surface area contributed by atoms with Gasteiger partial charge in [0.05, 0.1) is 11.3 Å². The Morgan fingerprint density at radius 1 is 1.29 bits per heavy atom. The Labute approximate surface area is 76.5 Å². The number of alkyl halides is 3. The van der Waals surface area contributed by atoms with E-state index >= 15 is 0 Å². The molecule has 0 unspecified atom stereocenters. The largest absolute Gasteiger partial charge is 0.416 e. The van der Waals surface area contributed by atoms with Gasteiger partial charge in [0.15, 0.2) is 0 Å². The summed E-state index contributed by atoms with van der Waals surface area (Å²) in [5, 5.41) is 1.83. The number of carbonyl (C=O) groups excluding carboxylic acids is 1. The highest BCUT2D eigenvalue weighted by Gasteiger charge is 2.31. The monoisotopic (exact) mass is 207 g/mol. The molecule has 0 fully saturated rings. The fourth-order valence-corrected chi connectivity index (χ4v) is 0.876. The van der Waals surface area contributed by atoms with Crippen LogP contribution < -0.4 is 5.32 Å². The van der Waals surface area contributed by atoms with E-state index in [1.54, 1.807) is 0 Å². The van der Waals surface area contributed by atoms with E-state index in [1.165, 1.54) is 0 Å². The van der Waals surface area contributed by atoms with Gasteiger partial charge < -0.3 is 5.32 Å². The predicted octanol–water partition coefficient (Wildman–Crippen LogP) is 2.41. The molecular weight excluding hydrogens is 202 g/mol. The summed E-state index contributed by atoms with van der Waals surface area (Å²) >= 11 is 0. The molecule has 76 valence electrons. The van der Waals surface area contributed by atoms with Crippen LogP contribution in [0, 0.1) is 5.82 Å². The summed E-state index contributed by atoms with van der Waals surface area (Å²) in [7, 11) is 0. The molecular formula is C8H5F4NO. The van der Waals surface area contributed by atoms with Crippen LogP contribution in [-0.2, 0) is 11.0 Å². The minimum atomic E-state index is -4.55. The first-order valence-corrected chi connectivity index (χ1v) is 3.52. The zero-order valence-corrected chi connectivity index (χ0v) is 6.73. The van der Waals surface area contributed by atoms with Crippen LogP contribution >= 0.6 is 0 Å². The van der Waals surface area contributed by atoms with E-state index in [4.69, 9.17) is 0 Å². The van der Waals surface area contributed by atoms with Crippen molar-refractivity contribution < 1.29 is 22.4 Å². The third-order valence-electron chi connectivity index (χ3n) is 1.51. The highest BCUT2D eigenvalue weighted by atomic mass is 19.4. The van der Waals surface area contributed by atoms with Crippen molar-refractivity contribution >= 4 is 12.1 Å². The van der Waals surface area contributed by atoms with Crippen molar-refractivity contribution in [2.75, 3.05) is 5.32 Å². The van der Waals surface area contributed by atoms with Crippen LogP contribution in [0.1, 0.15) is 5.56 Å². The van der Waals surface area contributed by atoms with E-state index in [-0.39, 0.29) is 6.41 Å². The lowest BCUT2D eigenvalue weighted by Gasteiger charge is -2.08. The van der Waals surface area contributed by atoms with Crippen molar-refractivity contribution in [3.63, 3.8) is 0 Å². The topological polar surface area (TPSA) is 29.1 Å². The summed E-state index contributed by atoms with van der Waals surface area (Å²) in [5.41, 5.74) is -1.50. The molecule has 0 aliphatic rings. The van der Waals surface area contributed by atoms with Crippen LogP contribution in [0.3, 0.4) is 0 Å². The normalized spacial score (nSPS) is 11.1. The number of carbonyl (C=O) groups is 1. The molecule has 0 aromatic heterocycles. The van der Waals surface area contributed by atoms with Gasteiger partial charge in [0.25, 0.3) is 0 Å². The molecule has 1 N–H and O–H groups in total. The van der Waals surface area contributed by atoms with Gasteiger partial charge in [-0.3, -0.25) is 4.79 Å². The summed E-state index contributed by atoms with van der Waals surface area (Å²) < 4.78 is 49.1. The van der Waals surface area contributed by atoms with Crippen molar-refractivity contribution in [2.24, 2.45) is 0 Å². The Kier molecular flexibility index (Phi) is 2.73. The fraction of sp³-hybridized carbons (Fsp3) is 0.125. The summed E-state index contributed by atoms with van der Waals surface area (Å²) in [6.45, 7) is 0. The van der Waals surface area contributed by atoms with Crippen LogP contribution in [-0.4, -0.2) is 6.41 Å². The van der Waals surface area contributed by atoms with E-state index in [9.17, 15) is 22.4 Å². The second kappa shape index (κ2) is 3.65. The fourth-order valence-electron chi connectivity index (χ4n) is 0.876. The maximum atomic E-state index is 12.8. The smallest absolute Gasteiger partial charge is 0.326 e. The van der Waals surface area contributed by atoms with E-state index in [0.29, 0.717) is 18.2 Å². The van der Waals surface area contributed by atoms with Gasteiger partial charge in [0.2, 0.25) is 6.41 Å². The van der Waals surface area contributed by atoms with Gasteiger partial charge in [0.1, 0.15) is 5.82 Å². The van der Waals surface area contributed by atoms with Crippen molar-refractivity contribution in [1.29, 1.82) is 0 Å². The van der Waals surface area contributed by atoms with Crippen LogP contribution in [0.25, 0.3) is 0 Å². The van der Waals surface area contributed by atoms with E-state index in [0.717, 1.165) is 0 Å². The molecule has 0 atom stereocenters. The molecule has 2 nitrogen and oxygen atoms in total. The Morgan fingerprint density at radius 2 is 1.93 bits per heavy atom. The third-order valence-corrected chi connectivity index (χ3v) is 1.51. The molecule has 1 amide bonds. The van der Waals surface area contributed by atoms with Crippen molar-refractivity contribution in [1.82, 2.24) is 0 Å². The van der Waals surface area contributed by atoms with Crippen LogP contribution in [0.4, 0.5) is 23.2 Å². The van der Waals surface area contributed by atoms with Crippen molar-refractivity contribution in [3.8, 4) is 0 Å². The number of benzene rings is 1. The van der Waals surface area contributed by atoms with E-state index in [2.05, 4.69) is 0 Å². The number of anilines is 1. The molecule has 6 heteroatoms. The minimum Gasteiger partial charge on any atom is -0.326 e. The highest BCUT2D eigenvalue weighted by Crippen LogP contribution is 2.31. The zero-order chi connectivity index (χ0) is 10.8. The molecule has 0 spiro atoms. The zero-order valence-electron chi connectivity index (χ0n) is 6.73. The van der Waals surface area contributed by atoms with Gasteiger partial charge >= 0.3 is 6.18 Å². The van der Waals surface area contributed by atoms with Gasteiger partial charge in [-0.2, -0.15) is 13.2 Å². The number of halogens is 4. The summed E-state index contributed by atoms with van der Waals surface area (Å²) in [6.07, 6.45) is -4.44. The maximum absolute atomic E-state index is 12.8. The number of rotatable bonds is 2. The molecule has 0 heterocycles. The first-order chi connectivity index (χ1) is 6.45. The van der Waals surface area contributed by atoms with E-state index < -0.39 is 23.2 Å². The van der Waals surface area contributed by atoms with Gasteiger partial charge in [0, 0.05) is 0 Å². The highest BCUT2D eigenvalue weighted by molar-refractivity contribution is 5.71. The molecule has 0 saturated heterocycles. The molecule has 0 aliphatic heterocycles. The van der Waals surface area contributed by atoms with E-state index in [1.807, 2.05) is 5.32 Å². The number of hydrogen-bond acceptors (Lipinski definition) is 1. The SMILES string of the molecule is O=CNc1cc(C(F)(F)F)ccc1F. The molecule has 1 aromatic carbocycles. The molecule has 14 heavy (non-hydrogen) atoms. The molecule has 1 aromatic rings. The Morgan fingerprint density at radius 3 is 2.43 bits per heavy atom. The molecule has 0 bridgehead atoms. The minimum absolute atomic E-state index is 0.110. The first kappa shape index (κ1) is 10.5. The van der Waals surface area contributed by atoms with Gasteiger partial charge in [-0.05, 0) is 18.2 Å². The second-order valence-corrected chi connectivity index (χ2v) is 2.45. The summed E-state index contributed by atoms with van der Waals surface area (Å²) in [6, 6.07) is 1.78. The average Bonchev–Trinajstić information content (AvgIpc) is 2.07. The van der Waals surface area contributed by atoms with Crippen LogP contribution in [0.15, 0.2) is 18.2 Å². The van der Waals surface area contributed by atoms with Crippen molar-refractivity contribution in [3.05, 3.63) is 29.6 Å². The number of nitrogens with one attached hydrogen (secondary N) is 1. The lowest BCUT2D eigenvalue weighted by atomic mass is 10.2. The lowest BCUT2D eigenvalue weighted by Crippen LogP contribution is -2.07. The molecule has 1 rings (SSSR count). The Bertz CT molecular complexity index is 348. The lowest BCUT2D eigenvalue weighted by molar-refractivity contribution is -0.137. The Balaban J connectivity index is 3.12. The summed E-state index contributed by atoms with van der Waals surface area (Å²) in [5.74, 6) is -0.912. The second-order valence-electron chi connectivity index (χ2n) is 2.45. The standard InChI is InChI=1S/C8H5F4NO/c9-6-2-1-5(8(10,11)12)3-7(6)13-4-14/h1-4H,(H,13,14).